The number of nitrogens with zero attached hydrogens (tertiary/aromatic N) is 4. The fourth-order valence-electron chi connectivity index (χ4n) is 7.40. The number of amides is 3. The van der Waals surface area contributed by atoms with Crippen LogP contribution in [0.25, 0.3) is 10.9 Å². The number of carbonyl (C=O) groups excluding carboxylic acids is 2. The normalized spacial score (nSPS) is 21.2. The van der Waals surface area contributed by atoms with Crippen LogP contribution in [0.4, 0.5) is 4.79 Å². The van der Waals surface area contributed by atoms with Crippen LogP contribution in [0.2, 0.25) is 0 Å². The highest BCUT2D eigenvalue weighted by atomic mass is 16.5. The number of benzene rings is 2. The van der Waals surface area contributed by atoms with E-state index in [0.29, 0.717) is 37.4 Å². The van der Waals surface area contributed by atoms with E-state index in [1.807, 2.05) is 60.3 Å². The molecule has 1 aromatic heterocycles. The lowest BCUT2D eigenvalue weighted by Crippen LogP contribution is -2.55. The first-order chi connectivity index (χ1) is 21.8. The third-order valence-corrected chi connectivity index (χ3v) is 9.68. The van der Waals surface area contributed by atoms with Gasteiger partial charge in [-0.15, -0.1) is 0 Å². The Hall–Kier alpha value is -4.54. The van der Waals surface area contributed by atoms with Crippen molar-refractivity contribution in [2.45, 2.75) is 57.0 Å². The summed E-state index contributed by atoms with van der Waals surface area (Å²) in [5.74, 6) is 1.00. The summed E-state index contributed by atoms with van der Waals surface area (Å²) < 4.78 is 13.0. The minimum absolute atomic E-state index is 0.0548. The van der Waals surface area contributed by atoms with Crippen LogP contribution in [0.15, 0.2) is 53.8 Å². The number of nitrogens with one attached hydrogen (secondary N) is 1. The van der Waals surface area contributed by atoms with E-state index >= 15 is 0 Å². The second-order valence-electron chi connectivity index (χ2n) is 12.3. The van der Waals surface area contributed by atoms with Gasteiger partial charge in [-0.1, -0.05) is 31.0 Å². The molecule has 11 nitrogen and oxygen atoms in total. The Kier molecular flexibility index (Phi) is 8.69. The topological polar surface area (TPSA) is 126 Å². The second kappa shape index (κ2) is 12.8. The van der Waals surface area contributed by atoms with Crippen LogP contribution in [0.1, 0.15) is 49.7 Å². The quantitative estimate of drug-likeness (QED) is 0.387. The molecule has 3 amide bonds. The number of likely N-dealkylation sites (tertiary alicyclic amines) is 1. The van der Waals surface area contributed by atoms with E-state index in [1.54, 1.807) is 24.1 Å². The van der Waals surface area contributed by atoms with Gasteiger partial charge in [0.1, 0.15) is 6.04 Å². The van der Waals surface area contributed by atoms with Crippen molar-refractivity contribution >= 4 is 34.5 Å². The van der Waals surface area contributed by atoms with Crippen molar-refractivity contribution < 1.29 is 29.0 Å². The predicted octanol–water partition coefficient (Wildman–Crippen LogP) is 4.42. The lowest BCUT2D eigenvalue weighted by atomic mass is 9.73. The van der Waals surface area contributed by atoms with Crippen LogP contribution in [0, 0.1) is 11.8 Å². The minimum Gasteiger partial charge on any atom is -0.493 e. The van der Waals surface area contributed by atoms with E-state index in [0.717, 1.165) is 53.4 Å². The number of carboxylic acid groups (broad SMARTS) is 1. The Morgan fingerprint density at radius 1 is 1.00 bits per heavy atom. The van der Waals surface area contributed by atoms with E-state index in [2.05, 4.69) is 5.32 Å². The number of aryl methyl sites for hydroxylation is 1. The molecule has 2 aromatic carbocycles. The highest BCUT2D eigenvalue weighted by Crippen LogP contribution is 2.40. The molecule has 0 bridgehead atoms. The van der Waals surface area contributed by atoms with Gasteiger partial charge in [-0.05, 0) is 55.5 Å². The third kappa shape index (κ3) is 5.95. The summed E-state index contributed by atoms with van der Waals surface area (Å²) in [4.78, 5) is 41.0. The molecule has 238 valence electrons. The Balaban J connectivity index is 1.20. The van der Waals surface area contributed by atoms with Crippen LogP contribution < -0.4 is 14.8 Å². The van der Waals surface area contributed by atoms with E-state index in [1.165, 1.54) is 0 Å². The zero-order valence-electron chi connectivity index (χ0n) is 26.1. The van der Waals surface area contributed by atoms with Crippen LogP contribution in [-0.4, -0.2) is 82.6 Å². The summed E-state index contributed by atoms with van der Waals surface area (Å²) in [5.41, 5.74) is 3.76. The van der Waals surface area contributed by atoms with Gasteiger partial charge < -0.3 is 29.4 Å². The number of para-hydroxylation sites is 1. The van der Waals surface area contributed by atoms with Crippen molar-refractivity contribution in [1.29, 1.82) is 0 Å². The molecule has 2 fully saturated rings. The summed E-state index contributed by atoms with van der Waals surface area (Å²) >= 11 is 0. The molecule has 1 aliphatic carbocycles. The standard InChI is InChI=1S/C34H41N5O6/c1-37-20-22(24-8-6-7-11-28(24)37)18-27(35-34(42)43)33(41)38-16-14-23(15-17-38)39-32(40)26-10-5-4-9-25(26)31(36-39)21-12-13-29(44-2)30(19-21)45-3/h6-8,11-13,19-20,23,25-27,35H,4-5,9-10,14-18H2,1-3H3,(H,42,43)/t25-,26+,27+/m0/s1. The average molecular weight is 616 g/mol. The van der Waals surface area contributed by atoms with Gasteiger partial charge in [0.15, 0.2) is 11.5 Å². The van der Waals surface area contributed by atoms with Crippen molar-refractivity contribution in [1.82, 2.24) is 19.8 Å². The Morgan fingerprint density at radius 2 is 1.71 bits per heavy atom. The smallest absolute Gasteiger partial charge is 0.405 e. The molecule has 3 aromatic rings. The van der Waals surface area contributed by atoms with Crippen molar-refractivity contribution in [3.05, 3.63) is 59.8 Å². The lowest BCUT2D eigenvalue weighted by Gasteiger charge is -2.43. The van der Waals surface area contributed by atoms with Crippen LogP contribution in [0.5, 0.6) is 11.5 Å². The van der Waals surface area contributed by atoms with Crippen LogP contribution in [-0.2, 0) is 23.1 Å². The molecule has 3 atom stereocenters. The van der Waals surface area contributed by atoms with E-state index in [-0.39, 0.29) is 36.1 Å². The summed E-state index contributed by atoms with van der Waals surface area (Å²) in [5, 5.41) is 19.7. The molecular formula is C34H41N5O6. The molecule has 2 aliphatic heterocycles. The summed E-state index contributed by atoms with van der Waals surface area (Å²) in [6, 6.07) is 12.6. The summed E-state index contributed by atoms with van der Waals surface area (Å²) in [7, 11) is 5.15. The second-order valence-corrected chi connectivity index (χ2v) is 12.3. The Labute approximate surface area is 262 Å². The molecule has 3 aliphatic rings. The van der Waals surface area contributed by atoms with E-state index in [9.17, 15) is 19.5 Å². The number of hydrazone groups is 1. The maximum absolute atomic E-state index is 13.8. The first kappa shape index (κ1) is 30.5. The molecule has 11 heteroatoms. The van der Waals surface area contributed by atoms with Crippen LogP contribution >= 0.6 is 0 Å². The number of hydrogen-bond donors (Lipinski definition) is 2. The number of fused-ring (bicyclic) bond motifs is 2. The highest BCUT2D eigenvalue weighted by molar-refractivity contribution is 6.07. The first-order valence-corrected chi connectivity index (χ1v) is 15.7. The van der Waals surface area contributed by atoms with Gasteiger partial charge >= 0.3 is 6.09 Å². The van der Waals surface area contributed by atoms with Gasteiger partial charge in [0.25, 0.3) is 0 Å². The molecule has 2 N–H and O–H groups in total. The average Bonchev–Trinajstić information content (AvgIpc) is 3.38. The van der Waals surface area contributed by atoms with Gasteiger partial charge in [0.05, 0.1) is 26.0 Å². The fraction of sp³-hybridized carbons (Fsp3) is 0.471. The highest BCUT2D eigenvalue weighted by Gasteiger charge is 2.44. The van der Waals surface area contributed by atoms with Crippen molar-refractivity contribution in [3.8, 4) is 11.5 Å². The van der Waals surface area contributed by atoms with Gasteiger partial charge in [0.2, 0.25) is 11.8 Å². The number of carbonyl (C=O) groups is 3. The number of piperidine rings is 1. The van der Waals surface area contributed by atoms with Crippen molar-refractivity contribution in [3.63, 3.8) is 0 Å². The molecule has 0 spiro atoms. The van der Waals surface area contributed by atoms with Crippen molar-refractivity contribution in [2.24, 2.45) is 24.0 Å². The van der Waals surface area contributed by atoms with Gasteiger partial charge in [-0.25, -0.2) is 9.80 Å². The summed E-state index contributed by atoms with van der Waals surface area (Å²) in [6.07, 6.45) is 5.92. The van der Waals surface area contributed by atoms with Crippen molar-refractivity contribution in [2.75, 3.05) is 27.3 Å². The zero-order valence-corrected chi connectivity index (χ0v) is 26.1. The molecule has 1 saturated carbocycles. The lowest BCUT2D eigenvalue weighted by molar-refractivity contribution is -0.143. The van der Waals surface area contributed by atoms with Gasteiger partial charge in [-0.2, -0.15) is 5.10 Å². The Morgan fingerprint density at radius 3 is 2.42 bits per heavy atom. The maximum atomic E-state index is 13.8. The molecule has 45 heavy (non-hydrogen) atoms. The predicted molar refractivity (Wildman–Crippen MR) is 170 cm³/mol. The fourth-order valence-corrected chi connectivity index (χ4v) is 7.40. The monoisotopic (exact) mass is 615 g/mol. The number of hydrogen-bond acceptors (Lipinski definition) is 6. The molecule has 3 heterocycles. The molecule has 6 rings (SSSR count). The number of aromatic nitrogens is 1. The zero-order chi connectivity index (χ0) is 31.7. The SMILES string of the molecule is COc1ccc(C2=NN(C3CCN(C(=O)[C@@H](Cc4cn(C)c5ccccc45)NC(=O)O)CC3)C(=O)[C@@H]3CCCC[C@H]23)cc1OC. The van der Waals surface area contributed by atoms with E-state index in [4.69, 9.17) is 14.6 Å². The number of rotatable bonds is 8. The van der Waals surface area contributed by atoms with E-state index < -0.39 is 12.1 Å². The number of methoxy groups -OCH3 is 2. The molecule has 0 unspecified atom stereocenters. The first-order valence-electron chi connectivity index (χ1n) is 15.7. The van der Waals surface area contributed by atoms with Crippen LogP contribution in [0.3, 0.4) is 0 Å². The molecule has 0 radical (unpaired) electrons. The molecular weight excluding hydrogens is 574 g/mol. The summed E-state index contributed by atoms with van der Waals surface area (Å²) in [6.45, 7) is 0.825. The van der Waals surface area contributed by atoms with Gasteiger partial charge in [-0.3, -0.25) is 9.59 Å². The van der Waals surface area contributed by atoms with Gasteiger partial charge in [0, 0.05) is 61.1 Å². The largest absolute Gasteiger partial charge is 0.493 e. The third-order valence-electron chi connectivity index (χ3n) is 9.68. The number of ether oxygens (including phenoxy) is 2. The molecule has 1 saturated heterocycles. The minimum atomic E-state index is -1.23. The maximum Gasteiger partial charge on any atom is 0.405 e. The Bertz CT molecular complexity index is 1620.